The Balaban J connectivity index is 1.98. The largest absolute Gasteiger partial charge is 0.401 e. The van der Waals surface area contributed by atoms with Crippen molar-refractivity contribution in [1.29, 1.82) is 0 Å². The number of piperazine rings is 1. The molecule has 0 aromatic carbocycles. The molecule has 0 bridgehead atoms. The molecule has 106 valence electrons. The molecule has 0 aliphatic carbocycles. The van der Waals surface area contributed by atoms with Crippen molar-refractivity contribution in [3.05, 3.63) is 22.2 Å². The molecule has 1 saturated heterocycles. The topological polar surface area (TPSA) is 52.2 Å². The number of nitrogens with zero attached hydrogens (tertiary/aromatic N) is 3. The Morgan fingerprint density at radius 2 is 1.95 bits per heavy atom. The predicted octanol–water partition coefficient (Wildman–Crippen LogP) is 0.763. The predicted molar refractivity (Wildman–Crippen MR) is 64.3 cm³/mol. The Bertz CT molecular complexity index is 491. The Kier molecular flexibility index (Phi) is 3.79. The number of rotatable bonds is 2. The van der Waals surface area contributed by atoms with Crippen LogP contribution in [0, 0.1) is 6.92 Å². The second kappa shape index (κ2) is 5.20. The molecule has 1 aliphatic rings. The van der Waals surface area contributed by atoms with Crippen LogP contribution in [0.1, 0.15) is 5.82 Å². The van der Waals surface area contributed by atoms with Crippen LogP contribution in [0.5, 0.6) is 0 Å². The maximum atomic E-state index is 12.3. The quantitative estimate of drug-likeness (QED) is 0.866. The van der Waals surface area contributed by atoms with Gasteiger partial charge in [0.1, 0.15) is 11.6 Å². The summed E-state index contributed by atoms with van der Waals surface area (Å²) in [6.45, 7) is 2.28. The number of H-pyrrole nitrogens is 1. The van der Waals surface area contributed by atoms with Crippen molar-refractivity contribution >= 4 is 5.82 Å². The average molecular weight is 276 g/mol. The molecule has 1 aliphatic heterocycles. The maximum absolute atomic E-state index is 12.3. The number of nitrogens with one attached hydrogen (secondary N) is 1. The molecule has 19 heavy (non-hydrogen) atoms. The van der Waals surface area contributed by atoms with Crippen molar-refractivity contribution < 1.29 is 13.2 Å². The molecule has 2 heterocycles. The van der Waals surface area contributed by atoms with Crippen LogP contribution in [-0.4, -0.2) is 53.8 Å². The van der Waals surface area contributed by atoms with Gasteiger partial charge in [0.2, 0.25) is 0 Å². The molecule has 0 radical (unpaired) electrons. The first-order valence-corrected chi connectivity index (χ1v) is 5.95. The molecular weight excluding hydrogens is 261 g/mol. The van der Waals surface area contributed by atoms with Crippen LogP contribution in [0.15, 0.2) is 10.9 Å². The number of aromatic amines is 1. The second-order valence-corrected chi connectivity index (χ2v) is 4.57. The number of alkyl halides is 3. The number of hydrogen-bond acceptors (Lipinski definition) is 4. The average Bonchev–Trinajstić information content (AvgIpc) is 2.26. The number of halogens is 3. The van der Waals surface area contributed by atoms with Crippen molar-refractivity contribution in [2.75, 3.05) is 37.6 Å². The third kappa shape index (κ3) is 3.95. The lowest BCUT2D eigenvalue weighted by atomic mass is 10.3. The van der Waals surface area contributed by atoms with E-state index >= 15 is 0 Å². The lowest BCUT2D eigenvalue weighted by Gasteiger charge is -2.35. The van der Waals surface area contributed by atoms with Crippen molar-refractivity contribution in [3.63, 3.8) is 0 Å². The summed E-state index contributed by atoms with van der Waals surface area (Å²) in [6.07, 6.45) is -4.17. The van der Waals surface area contributed by atoms with Gasteiger partial charge in [-0.1, -0.05) is 0 Å². The van der Waals surface area contributed by atoms with E-state index < -0.39 is 12.7 Å². The van der Waals surface area contributed by atoms with Gasteiger partial charge in [0.25, 0.3) is 5.56 Å². The summed E-state index contributed by atoms with van der Waals surface area (Å²) in [5, 5.41) is 0. The highest BCUT2D eigenvalue weighted by Crippen LogP contribution is 2.18. The van der Waals surface area contributed by atoms with Gasteiger partial charge in [-0.3, -0.25) is 9.69 Å². The van der Waals surface area contributed by atoms with Gasteiger partial charge in [0.05, 0.1) is 6.54 Å². The highest BCUT2D eigenvalue weighted by molar-refractivity contribution is 5.37. The molecule has 0 spiro atoms. The van der Waals surface area contributed by atoms with E-state index in [-0.39, 0.29) is 5.56 Å². The lowest BCUT2D eigenvalue weighted by Crippen LogP contribution is -2.49. The zero-order valence-corrected chi connectivity index (χ0v) is 10.5. The zero-order valence-electron chi connectivity index (χ0n) is 10.5. The molecule has 1 N–H and O–H groups in total. The molecule has 2 rings (SSSR count). The van der Waals surface area contributed by atoms with Crippen LogP contribution in [-0.2, 0) is 0 Å². The lowest BCUT2D eigenvalue weighted by molar-refractivity contribution is -0.146. The van der Waals surface area contributed by atoms with Gasteiger partial charge >= 0.3 is 6.18 Å². The van der Waals surface area contributed by atoms with E-state index in [4.69, 9.17) is 0 Å². The maximum Gasteiger partial charge on any atom is 0.401 e. The van der Waals surface area contributed by atoms with Gasteiger partial charge in [-0.15, -0.1) is 0 Å². The van der Waals surface area contributed by atoms with Crippen LogP contribution < -0.4 is 10.5 Å². The van der Waals surface area contributed by atoms with Gasteiger partial charge in [0, 0.05) is 32.2 Å². The van der Waals surface area contributed by atoms with Gasteiger partial charge in [-0.05, 0) is 6.92 Å². The van der Waals surface area contributed by atoms with Crippen LogP contribution in [0.3, 0.4) is 0 Å². The fourth-order valence-corrected chi connectivity index (χ4v) is 2.11. The molecule has 1 aromatic heterocycles. The van der Waals surface area contributed by atoms with E-state index in [1.807, 2.05) is 4.90 Å². The summed E-state index contributed by atoms with van der Waals surface area (Å²) in [7, 11) is 0. The number of aryl methyl sites for hydroxylation is 1. The summed E-state index contributed by atoms with van der Waals surface area (Å²) in [5.41, 5.74) is -0.250. The third-order valence-corrected chi connectivity index (χ3v) is 2.95. The molecule has 0 amide bonds. The fraction of sp³-hybridized carbons (Fsp3) is 0.636. The minimum Gasteiger partial charge on any atom is -0.354 e. The standard InChI is InChI=1S/C11H15F3N4O/c1-8-15-9(6-10(19)16-8)18-4-2-17(3-5-18)7-11(12,13)14/h6H,2-5,7H2,1H3,(H,15,16,19). The summed E-state index contributed by atoms with van der Waals surface area (Å²) < 4.78 is 36.8. The van der Waals surface area contributed by atoms with Crippen LogP contribution in [0.2, 0.25) is 0 Å². The van der Waals surface area contributed by atoms with Crippen molar-refractivity contribution in [2.45, 2.75) is 13.1 Å². The van der Waals surface area contributed by atoms with E-state index in [0.29, 0.717) is 37.8 Å². The normalized spacial score (nSPS) is 17.8. The van der Waals surface area contributed by atoms with Crippen LogP contribution in [0.4, 0.5) is 19.0 Å². The fourth-order valence-electron chi connectivity index (χ4n) is 2.11. The third-order valence-electron chi connectivity index (χ3n) is 2.95. The van der Waals surface area contributed by atoms with E-state index in [1.165, 1.54) is 11.0 Å². The first-order chi connectivity index (χ1) is 8.83. The van der Waals surface area contributed by atoms with Crippen LogP contribution >= 0.6 is 0 Å². The summed E-state index contributed by atoms with van der Waals surface area (Å²) in [6, 6.07) is 1.37. The minimum atomic E-state index is -4.17. The summed E-state index contributed by atoms with van der Waals surface area (Å²) in [5.74, 6) is 1.02. The van der Waals surface area contributed by atoms with E-state index in [2.05, 4.69) is 9.97 Å². The SMILES string of the molecule is Cc1nc(N2CCN(CC(F)(F)F)CC2)cc(=O)[nH]1. The molecule has 0 atom stereocenters. The first-order valence-electron chi connectivity index (χ1n) is 5.95. The number of hydrogen-bond donors (Lipinski definition) is 1. The van der Waals surface area contributed by atoms with Crippen molar-refractivity contribution in [3.8, 4) is 0 Å². The first kappa shape index (κ1) is 13.9. The second-order valence-electron chi connectivity index (χ2n) is 4.57. The Hall–Kier alpha value is -1.57. The molecular formula is C11H15F3N4O. The van der Waals surface area contributed by atoms with Gasteiger partial charge in [0.15, 0.2) is 0 Å². The van der Waals surface area contributed by atoms with Crippen LogP contribution in [0.25, 0.3) is 0 Å². The smallest absolute Gasteiger partial charge is 0.354 e. The Morgan fingerprint density at radius 3 is 2.47 bits per heavy atom. The Labute approximate surface area is 108 Å². The van der Waals surface area contributed by atoms with Crippen molar-refractivity contribution in [1.82, 2.24) is 14.9 Å². The van der Waals surface area contributed by atoms with Gasteiger partial charge in [-0.2, -0.15) is 13.2 Å². The van der Waals surface area contributed by atoms with E-state index in [0.717, 1.165) is 0 Å². The minimum absolute atomic E-state index is 0.250. The van der Waals surface area contributed by atoms with Gasteiger partial charge < -0.3 is 9.88 Å². The van der Waals surface area contributed by atoms with Gasteiger partial charge in [-0.25, -0.2) is 4.98 Å². The molecule has 1 fully saturated rings. The Morgan fingerprint density at radius 1 is 1.32 bits per heavy atom. The van der Waals surface area contributed by atoms with Crippen molar-refractivity contribution in [2.24, 2.45) is 0 Å². The zero-order chi connectivity index (χ0) is 14.0. The highest BCUT2D eigenvalue weighted by Gasteiger charge is 2.32. The monoisotopic (exact) mass is 276 g/mol. The number of aromatic nitrogens is 2. The molecule has 1 aromatic rings. The van der Waals surface area contributed by atoms with E-state index in [9.17, 15) is 18.0 Å². The highest BCUT2D eigenvalue weighted by atomic mass is 19.4. The molecule has 0 saturated carbocycles. The summed E-state index contributed by atoms with van der Waals surface area (Å²) >= 11 is 0. The molecule has 5 nitrogen and oxygen atoms in total. The molecule has 8 heteroatoms. The number of anilines is 1. The molecule has 0 unspecified atom stereocenters. The summed E-state index contributed by atoms with van der Waals surface area (Å²) in [4.78, 5) is 21.2. The van der Waals surface area contributed by atoms with E-state index in [1.54, 1.807) is 6.92 Å².